The van der Waals surface area contributed by atoms with Crippen molar-refractivity contribution in [2.45, 2.75) is 25.3 Å². The van der Waals surface area contributed by atoms with Crippen LogP contribution in [0, 0.1) is 0 Å². The third kappa shape index (κ3) is 1.76. The van der Waals surface area contributed by atoms with Crippen LogP contribution in [0.15, 0.2) is 18.2 Å². The quantitative estimate of drug-likeness (QED) is 0.807. The molecule has 0 bridgehead atoms. The van der Waals surface area contributed by atoms with Crippen LogP contribution >= 0.6 is 0 Å². The first-order valence-electron chi connectivity index (χ1n) is 6.07. The summed E-state index contributed by atoms with van der Waals surface area (Å²) >= 11 is 0. The van der Waals surface area contributed by atoms with E-state index in [4.69, 9.17) is 5.73 Å². The Morgan fingerprint density at radius 2 is 2.24 bits per heavy atom. The minimum absolute atomic E-state index is 0.336. The molecular weight excluding hydrogens is 214 g/mol. The molecule has 0 saturated carbocycles. The Balaban J connectivity index is 2.02. The molecule has 2 N–H and O–H groups in total. The predicted octanol–water partition coefficient (Wildman–Crippen LogP) is 1.47. The largest absolute Gasteiger partial charge is 0.384 e. The SMILES string of the molecule is CN1CCCCC1c1nc2cccc(N)n2n1. The Morgan fingerprint density at radius 1 is 1.35 bits per heavy atom. The number of likely N-dealkylation sites (tertiary alicyclic amines) is 1. The summed E-state index contributed by atoms with van der Waals surface area (Å²) in [5, 5.41) is 4.53. The summed E-state index contributed by atoms with van der Waals surface area (Å²) < 4.78 is 1.72. The monoisotopic (exact) mass is 231 g/mol. The lowest BCUT2D eigenvalue weighted by atomic mass is 10.0. The lowest BCUT2D eigenvalue weighted by Gasteiger charge is -2.30. The van der Waals surface area contributed by atoms with Crippen molar-refractivity contribution in [3.05, 3.63) is 24.0 Å². The molecule has 2 aromatic heterocycles. The van der Waals surface area contributed by atoms with Gasteiger partial charge >= 0.3 is 0 Å². The van der Waals surface area contributed by atoms with Crippen LogP contribution < -0.4 is 5.73 Å². The molecule has 1 unspecified atom stereocenters. The van der Waals surface area contributed by atoms with Gasteiger partial charge < -0.3 is 5.73 Å². The average molecular weight is 231 g/mol. The van der Waals surface area contributed by atoms with Gasteiger partial charge in [-0.3, -0.25) is 4.90 Å². The molecule has 5 heteroatoms. The molecule has 17 heavy (non-hydrogen) atoms. The molecule has 0 aromatic carbocycles. The molecule has 1 aliphatic rings. The van der Waals surface area contributed by atoms with Gasteiger partial charge in [-0.05, 0) is 38.6 Å². The summed E-state index contributed by atoms with van der Waals surface area (Å²) in [5.41, 5.74) is 6.71. The van der Waals surface area contributed by atoms with Crippen molar-refractivity contribution >= 4 is 11.5 Å². The molecule has 2 aromatic rings. The molecule has 0 aliphatic carbocycles. The topological polar surface area (TPSA) is 59.5 Å². The van der Waals surface area contributed by atoms with Gasteiger partial charge in [0.2, 0.25) is 0 Å². The third-order valence-corrected chi connectivity index (χ3v) is 3.47. The van der Waals surface area contributed by atoms with Gasteiger partial charge in [-0.2, -0.15) is 4.52 Å². The first-order valence-corrected chi connectivity index (χ1v) is 6.07. The summed E-state index contributed by atoms with van der Waals surface area (Å²) in [6.07, 6.45) is 3.65. The van der Waals surface area contributed by atoms with Gasteiger partial charge in [0, 0.05) is 0 Å². The second-order valence-electron chi connectivity index (χ2n) is 4.68. The smallest absolute Gasteiger partial charge is 0.168 e. The van der Waals surface area contributed by atoms with Crippen LogP contribution in [0.4, 0.5) is 5.82 Å². The van der Waals surface area contributed by atoms with Crippen molar-refractivity contribution in [3.8, 4) is 0 Å². The highest BCUT2D eigenvalue weighted by atomic mass is 15.3. The average Bonchev–Trinajstić information content (AvgIpc) is 2.75. The number of nitrogens with two attached hydrogens (primary N) is 1. The number of aromatic nitrogens is 3. The maximum atomic E-state index is 5.88. The first-order chi connectivity index (χ1) is 8.25. The molecule has 5 nitrogen and oxygen atoms in total. The molecule has 1 atom stereocenters. The van der Waals surface area contributed by atoms with E-state index in [1.165, 1.54) is 12.8 Å². The fourth-order valence-electron chi connectivity index (χ4n) is 2.48. The Labute approximate surface area is 100 Å². The summed E-state index contributed by atoms with van der Waals surface area (Å²) in [6.45, 7) is 1.12. The fraction of sp³-hybridized carbons (Fsp3) is 0.500. The molecule has 3 heterocycles. The van der Waals surface area contributed by atoms with Crippen LogP contribution in [0.1, 0.15) is 31.1 Å². The number of hydrogen-bond donors (Lipinski definition) is 1. The second kappa shape index (κ2) is 4.00. The minimum atomic E-state index is 0.336. The lowest BCUT2D eigenvalue weighted by molar-refractivity contribution is 0.179. The predicted molar refractivity (Wildman–Crippen MR) is 66.6 cm³/mol. The number of pyridine rings is 1. The standard InChI is InChI=1S/C12H17N5/c1-16-8-3-2-5-9(16)12-14-11-7-4-6-10(13)17(11)15-12/h4,6-7,9H,2-3,5,8,13H2,1H3. The molecule has 90 valence electrons. The van der Waals surface area contributed by atoms with Crippen molar-refractivity contribution in [1.82, 2.24) is 19.5 Å². The van der Waals surface area contributed by atoms with Crippen molar-refractivity contribution in [2.24, 2.45) is 0 Å². The molecule has 0 amide bonds. The van der Waals surface area contributed by atoms with Crippen LogP contribution in [0.2, 0.25) is 0 Å². The summed E-state index contributed by atoms with van der Waals surface area (Å²) in [5.74, 6) is 1.53. The molecular formula is C12H17N5. The zero-order chi connectivity index (χ0) is 11.8. The number of nitrogen functional groups attached to an aromatic ring is 1. The maximum Gasteiger partial charge on any atom is 0.168 e. The van der Waals surface area contributed by atoms with Gasteiger partial charge in [-0.25, -0.2) is 4.98 Å². The third-order valence-electron chi connectivity index (χ3n) is 3.47. The molecule has 1 aliphatic heterocycles. The molecule has 0 spiro atoms. The van der Waals surface area contributed by atoms with Gasteiger partial charge in [-0.1, -0.05) is 12.5 Å². The van der Waals surface area contributed by atoms with Crippen molar-refractivity contribution in [2.75, 3.05) is 19.3 Å². The highest BCUT2D eigenvalue weighted by molar-refractivity contribution is 5.46. The number of piperidine rings is 1. The van der Waals surface area contributed by atoms with E-state index in [9.17, 15) is 0 Å². The normalized spacial score (nSPS) is 22.1. The summed E-state index contributed by atoms with van der Waals surface area (Å²) in [4.78, 5) is 6.91. The highest BCUT2D eigenvalue weighted by Crippen LogP contribution is 2.27. The van der Waals surface area contributed by atoms with E-state index in [1.54, 1.807) is 4.52 Å². The van der Waals surface area contributed by atoms with Gasteiger partial charge in [0.1, 0.15) is 5.82 Å². The van der Waals surface area contributed by atoms with E-state index in [-0.39, 0.29) is 0 Å². The number of hydrogen-bond acceptors (Lipinski definition) is 4. The maximum absolute atomic E-state index is 5.88. The molecule has 3 rings (SSSR count). The lowest BCUT2D eigenvalue weighted by Crippen LogP contribution is -2.30. The zero-order valence-corrected chi connectivity index (χ0v) is 10.0. The Morgan fingerprint density at radius 3 is 3.00 bits per heavy atom. The Kier molecular flexibility index (Phi) is 2.48. The van der Waals surface area contributed by atoms with E-state index >= 15 is 0 Å². The van der Waals surface area contributed by atoms with E-state index in [0.29, 0.717) is 11.9 Å². The van der Waals surface area contributed by atoms with Crippen molar-refractivity contribution in [1.29, 1.82) is 0 Å². The zero-order valence-electron chi connectivity index (χ0n) is 10.0. The number of nitrogens with zero attached hydrogens (tertiary/aromatic N) is 4. The first kappa shape index (κ1) is 10.5. The van der Waals surface area contributed by atoms with Gasteiger partial charge in [0.15, 0.2) is 11.5 Å². The fourth-order valence-corrected chi connectivity index (χ4v) is 2.48. The van der Waals surface area contributed by atoms with Crippen LogP contribution in [0.3, 0.4) is 0 Å². The van der Waals surface area contributed by atoms with Crippen LogP contribution in [-0.4, -0.2) is 33.1 Å². The number of rotatable bonds is 1. The summed E-state index contributed by atoms with van der Waals surface area (Å²) in [7, 11) is 2.14. The molecule has 0 radical (unpaired) electrons. The van der Waals surface area contributed by atoms with Gasteiger partial charge in [0.05, 0.1) is 6.04 Å². The van der Waals surface area contributed by atoms with Crippen molar-refractivity contribution in [3.63, 3.8) is 0 Å². The van der Waals surface area contributed by atoms with E-state index in [1.807, 2.05) is 18.2 Å². The number of fused-ring (bicyclic) bond motifs is 1. The van der Waals surface area contributed by atoms with E-state index < -0.39 is 0 Å². The molecule has 1 saturated heterocycles. The van der Waals surface area contributed by atoms with Gasteiger partial charge in [0.25, 0.3) is 0 Å². The second-order valence-corrected chi connectivity index (χ2v) is 4.68. The van der Waals surface area contributed by atoms with Crippen LogP contribution in [0.5, 0.6) is 0 Å². The summed E-state index contributed by atoms with van der Waals surface area (Å²) in [6, 6.07) is 6.03. The Hall–Kier alpha value is -1.62. The van der Waals surface area contributed by atoms with Gasteiger partial charge in [-0.15, -0.1) is 5.10 Å². The highest BCUT2D eigenvalue weighted by Gasteiger charge is 2.24. The van der Waals surface area contributed by atoms with Crippen molar-refractivity contribution < 1.29 is 0 Å². The number of anilines is 1. The Bertz CT molecular complexity index is 533. The van der Waals surface area contributed by atoms with Crippen LogP contribution in [0.25, 0.3) is 5.65 Å². The van der Waals surface area contributed by atoms with E-state index in [0.717, 1.165) is 24.4 Å². The molecule has 1 fully saturated rings. The minimum Gasteiger partial charge on any atom is -0.384 e. The van der Waals surface area contributed by atoms with Crippen LogP contribution in [-0.2, 0) is 0 Å². The van der Waals surface area contributed by atoms with E-state index in [2.05, 4.69) is 22.0 Å².